The molecule has 0 fully saturated rings. The lowest BCUT2D eigenvalue weighted by molar-refractivity contribution is -0.371. The molecule has 0 aliphatic carbocycles. The van der Waals surface area contributed by atoms with Crippen molar-refractivity contribution in [1.82, 2.24) is 0 Å². The van der Waals surface area contributed by atoms with Gasteiger partial charge in [0.15, 0.2) is 17.3 Å². The van der Waals surface area contributed by atoms with Crippen molar-refractivity contribution >= 4 is 23.4 Å². The van der Waals surface area contributed by atoms with E-state index in [0.717, 1.165) is 6.07 Å². The molecule has 2 aromatic rings. The van der Waals surface area contributed by atoms with E-state index in [0.29, 0.717) is 24.8 Å². The highest BCUT2D eigenvalue weighted by Crippen LogP contribution is 2.40. The minimum Gasteiger partial charge on any atom is -0.453 e. The average Bonchev–Trinajstić information content (AvgIpc) is 2.81. The highest BCUT2D eigenvalue weighted by molar-refractivity contribution is 6.33. The van der Waals surface area contributed by atoms with E-state index in [1.165, 1.54) is 6.08 Å². The molecular formula is C23H19ClF2O7. The molecule has 0 aromatic heterocycles. The SMILES string of the molecule is O=C1/C=C/CC/C=C/C[C@@H](c2ccccc2)OC(=O)c2c(OOF)cc(OOF)c(Cl)c2C1. The van der Waals surface area contributed by atoms with Gasteiger partial charge in [-0.3, -0.25) is 4.79 Å². The van der Waals surface area contributed by atoms with Gasteiger partial charge in [0.05, 0.1) is 5.02 Å². The maximum Gasteiger partial charge on any atom is 0.343 e. The van der Waals surface area contributed by atoms with Crippen molar-refractivity contribution in [3.8, 4) is 11.5 Å². The fourth-order valence-electron chi connectivity index (χ4n) is 3.33. The van der Waals surface area contributed by atoms with Gasteiger partial charge in [-0.1, -0.05) is 60.2 Å². The van der Waals surface area contributed by atoms with E-state index in [2.05, 4.69) is 20.0 Å². The molecule has 33 heavy (non-hydrogen) atoms. The number of allylic oxidation sites excluding steroid dienone is 3. The van der Waals surface area contributed by atoms with Crippen LogP contribution in [0.5, 0.6) is 11.5 Å². The number of ether oxygens (including phenoxy) is 1. The number of hydrogen-bond donors (Lipinski definition) is 0. The summed E-state index contributed by atoms with van der Waals surface area (Å²) in [6.45, 7) is 0. The molecule has 0 bridgehead atoms. The van der Waals surface area contributed by atoms with Crippen molar-refractivity contribution < 1.29 is 43.3 Å². The Labute approximate surface area is 192 Å². The average molecular weight is 481 g/mol. The fraction of sp³-hybridized carbons (Fsp3) is 0.217. The van der Waals surface area contributed by atoms with Crippen molar-refractivity contribution in [1.29, 1.82) is 0 Å². The number of carbonyl (C=O) groups is 2. The van der Waals surface area contributed by atoms with Crippen molar-refractivity contribution in [3.05, 3.63) is 82.4 Å². The van der Waals surface area contributed by atoms with Crippen LogP contribution in [0.15, 0.2) is 60.7 Å². The summed E-state index contributed by atoms with van der Waals surface area (Å²) < 4.78 is 30.7. The van der Waals surface area contributed by atoms with Gasteiger partial charge >= 0.3 is 5.97 Å². The Morgan fingerprint density at radius 3 is 2.36 bits per heavy atom. The molecule has 10 heteroatoms. The quantitative estimate of drug-likeness (QED) is 0.223. The molecule has 1 atom stereocenters. The van der Waals surface area contributed by atoms with Gasteiger partial charge < -0.3 is 14.5 Å². The van der Waals surface area contributed by atoms with Crippen LogP contribution in [0.2, 0.25) is 5.02 Å². The first-order valence-electron chi connectivity index (χ1n) is 9.91. The Kier molecular flexibility index (Phi) is 8.94. The first-order chi connectivity index (χ1) is 16.0. The van der Waals surface area contributed by atoms with Crippen molar-refractivity contribution in [3.63, 3.8) is 0 Å². The van der Waals surface area contributed by atoms with Crippen LogP contribution in [0.25, 0.3) is 0 Å². The second kappa shape index (κ2) is 12.1. The number of fused-ring (bicyclic) bond motifs is 1. The Hall–Kier alpha value is -3.27. The van der Waals surface area contributed by atoms with Gasteiger partial charge in [0.1, 0.15) is 11.7 Å². The third-order valence-corrected chi connectivity index (χ3v) is 5.24. The molecule has 174 valence electrons. The van der Waals surface area contributed by atoms with Crippen LogP contribution in [-0.4, -0.2) is 11.8 Å². The second-order valence-electron chi connectivity index (χ2n) is 6.97. The first kappa shape index (κ1) is 24.4. The van der Waals surface area contributed by atoms with Crippen LogP contribution in [0.1, 0.15) is 46.9 Å². The lowest BCUT2D eigenvalue weighted by Crippen LogP contribution is -2.17. The zero-order chi connectivity index (χ0) is 23.6. The van der Waals surface area contributed by atoms with Crippen LogP contribution in [0.4, 0.5) is 9.05 Å². The number of cyclic esters (lactones) is 1. The Bertz CT molecular complexity index is 1040. The Morgan fingerprint density at radius 1 is 0.939 bits per heavy atom. The zero-order valence-electron chi connectivity index (χ0n) is 17.2. The van der Waals surface area contributed by atoms with Crippen molar-refractivity contribution in [2.75, 3.05) is 0 Å². The topological polar surface area (TPSA) is 80.3 Å². The maximum atomic E-state index is 13.2. The summed E-state index contributed by atoms with van der Waals surface area (Å²) >= 11 is 6.26. The standard InChI is InChI=1S/C23H19ClF2O7/c24-22-17-13-16(27)11-7-2-1-3-8-12-18(15-9-5-4-6-10-15)29-23(28)21(17)19(30-32-25)14-20(22)31-33-26/h3-11,14,18H,1-2,12-13H2/b8-3+,11-7+/t18-/m0/s1. The molecule has 0 saturated carbocycles. The third kappa shape index (κ3) is 6.38. The van der Waals surface area contributed by atoms with E-state index in [9.17, 15) is 18.6 Å². The summed E-state index contributed by atoms with van der Waals surface area (Å²) in [5.41, 5.74) is 0.186. The lowest BCUT2D eigenvalue weighted by atomic mass is 9.99. The van der Waals surface area contributed by atoms with E-state index in [1.807, 2.05) is 18.2 Å². The van der Waals surface area contributed by atoms with Gasteiger partial charge in [0, 0.05) is 34.7 Å². The number of ketones is 1. The molecule has 0 saturated heterocycles. The van der Waals surface area contributed by atoms with E-state index < -0.39 is 35.8 Å². The largest absolute Gasteiger partial charge is 0.453 e. The van der Waals surface area contributed by atoms with Gasteiger partial charge in [-0.25, -0.2) is 4.79 Å². The molecule has 0 amide bonds. The summed E-state index contributed by atoms with van der Waals surface area (Å²) in [5, 5.41) is 6.02. The molecular weight excluding hydrogens is 462 g/mol. The summed E-state index contributed by atoms with van der Waals surface area (Å²) in [6.07, 6.45) is 7.27. The first-order valence-corrected chi connectivity index (χ1v) is 10.3. The molecule has 3 rings (SSSR count). The van der Waals surface area contributed by atoms with E-state index in [-0.39, 0.29) is 16.1 Å². The number of hydrogen-bond acceptors (Lipinski definition) is 7. The number of benzene rings is 2. The summed E-state index contributed by atoms with van der Waals surface area (Å²) in [7, 11) is 0. The van der Waals surface area contributed by atoms with Gasteiger partial charge in [0.25, 0.3) is 0 Å². The monoisotopic (exact) mass is 480 g/mol. The predicted molar refractivity (Wildman–Crippen MR) is 113 cm³/mol. The third-order valence-electron chi connectivity index (χ3n) is 4.83. The predicted octanol–water partition coefficient (Wildman–Crippen LogP) is 6.04. The Morgan fingerprint density at radius 2 is 1.64 bits per heavy atom. The molecule has 0 radical (unpaired) electrons. The van der Waals surface area contributed by atoms with Crippen molar-refractivity contribution in [2.45, 2.75) is 31.8 Å². The van der Waals surface area contributed by atoms with Gasteiger partial charge in [-0.15, -0.1) is 0 Å². The van der Waals surface area contributed by atoms with E-state index >= 15 is 0 Å². The molecule has 2 aromatic carbocycles. The zero-order valence-corrected chi connectivity index (χ0v) is 17.9. The molecule has 0 spiro atoms. The summed E-state index contributed by atoms with van der Waals surface area (Å²) in [5.74, 6) is -2.43. The Balaban J connectivity index is 2.13. The van der Waals surface area contributed by atoms with Crippen molar-refractivity contribution in [2.24, 2.45) is 0 Å². The van der Waals surface area contributed by atoms with Gasteiger partial charge in [0.2, 0.25) is 0 Å². The maximum absolute atomic E-state index is 13.2. The van der Waals surface area contributed by atoms with Crippen LogP contribution in [0.3, 0.4) is 0 Å². The molecule has 7 nitrogen and oxygen atoms in total. The lowest BCUT2D eigenvalue weighted by Gasteiger charge is -2.20. The van der Waals surface area contributed by atoms with Gasteiger partial charge in [-0.2, -0.15) is 0 Å². The minimum atomic E-state index is -0.970. The smallest absolute Gasteiger partial charge is 0.343 e. The highest BCUT2D eigenvalue weighted by Gasteiger charge is 2.30. The van der Waals surface area contributed by atoms with Crippen LogP contribution in [-0.2, 0) is 26.1 Å². The normalized spacial score (nSPS) is 19.1. The fourth-order valence-corrected chi connectivity index (χ4v) is 3.58. The number of halogens is 3. The molecule has 1 heterocycles. The molecule has 0 N–H and O–H groups in total. The van der Waals surface area contributed by atoms with E-state index in [4.69, 9.17) is 16.3 Å². The van der Waals surface area contributed by atoms with Crippen LogP contribution >= 0.6 is 11.6 Å². The molecule has 1 aliphatic rings. The molecule has 1 aliphatic heterocycles. The number of carbonyl (C=O) groups excluding carboxylic acids is 2. The minimum absolute atomic E-state index is 0.141. The van der Waals surface area contributed by atoms with Gasteiger partial charge in [-0.05, 0) is 33.5 Å². The summed E-state index contributed by atoms with van der Waals surface area (Å²) in [6, 6.07) is 9.83. The highest BCUT2D eigenvalue weighted by atomic mass is 35.5. The summed E-state index contributed by atoms with van der Waals surface area (Å²) in [4.78, 5) is 34.5. The van der Waals surface area contributed by atoms with Crippen LogP contribution in [0, 0.1) is 0 Å². The molecule has 0 unspecified atom stereocenters. The second-order valence-corrected chi connectivity index (χ2v) is 7.35. The number of esters is 1. The number of rotatable bonds is 5. The van der Waals surface area contributed by atoms with E-state index in [1.54, 1.807) is 30.3 Å². The van der Waals surface area contributed by atoms with Crippen LogP contribution < -0.4 is 9.78 Å².